The molecule has 0 spiro atoms. The maximum atomic E-state index is 6.11. The second-order valence-electron chi connectivity index (χ2n) is 3.82. The van der Waals surface area contributed by atoms with Crippen molar-refractivity contribution in [2.24, 2.45) is 0 Å². The topological polar surface area (TPSA) is 25.8 Å². The van der Waals surface area contributed by atoms with Gasteiger partial charge in [-0.15, -0.1) is 0 Å². The molecule has 3 rings (SSSR count). The summed E-state index contributed by atoms with van der Waals surface area (Å²) in [5.41, 5.74) is 2.10. The minimum atomic E-state index is 0.512. The van der Waals surface area contributed by atoms with Crippen molar-refractivity contribution < 1.29 is 0 Å². The van der Waals surface area contributed by atoms with E-state index in [-0.39, 0.29) is 0 Å². The van der Waals surface area contributed by atoms with E-state index < -0.39 is 0 Å². The molecule has 1 fully saturated rings. The van der Waals surface area contributed by atoms with Crippen LogP contribution in [0.5, 0.6) is 0 Å². The van der Waals surface area contributed by atoms with Crippen LogP contribution < -0.4 is 0 Å². The maximum Gasteiger partial charge on any atom is 0.162 e. The molecule has 0 atom stereocenters. The Hall–Kier alpha value is -0.450. The Labute approximate surface area is 111 Å². The summed E-state index contributed by atoms with van der Waals surface area (Å²) in [5, 5.41) is 4.57. The van der Waals surface area contributed by atoms with Gasteiger partial charge in [0.15, 0.2) is 5.82 Å². The zero-order valence-corrected chi connectivity index (χ0v) is 11.4. The smallest absolute Gasteiger partial charge is 0.162 e. The van der Waals surface area contributed by atoms with Gasteiger partial charge in [0.2, 0.25) is 0 Å². The summed E-state index contributed by atoms with van der Waals surface area (Å²) in [7, 11) is 0. The minimum absolute atomic E-state index is 0.512. The average Bonchev–Trinajstić information content (AvgIpc) is 2.96. The van der Waals surface area contributed by atoms with Crippen LogP contribution in [0.1, 0.15) is 24.5 Å². The van der Waals surface area contributed by atoms with Gasteiger partial charge < -0.3 is 0 Å². The highest BCUT2D eigenvalue weighted by molar-refractivity contribution is 9.10. The number of halogens is 2. The van der Waals surface area contributed by atoms with Crippen molar-refractivity contribution in [2.75, 3.05) is 0 Å². The Bertz CT molecular complexity index is 523. The van der Waals surface area contributed by atoms with E-state index in [9.17, 15) is 0 Å². The zero-order chi connectivity index (χ0) is 11.1. The van der Waals surface area contributed by atoms with Crippen LogP contribution in [0.4, 0.5) is 0 Å². The normalized spacial score (nSPS) is 15.4. The lowest BCUT2D eigenvalue weighted by Crippen LogP contribution is -1.96. The monoisotopic (exact) mass is 314 g/mol. The summed E-state index contributed by atoms with van der Waals surface area (Å²) >= 11 is 11.2. The van der Waals surface area contributed by atoms with Crippen molar-refractivity contribution in [3.05, 3.63) is 32.1 Å². The van der Waals surface area contributed by atoms with Crippen molar-refractivity contribution in [3.63, 3.8) is 0 Å². The van der Waals surface area contributed by atoms with Crippen molar-refractivity contribution >= 4 is 38.9 Å². The van der Waals surface area contributed by atoms with Crippen molar-refractivity contribution in [1.29, 1.82) is 0 Å². The molecule has 2 nitrogen and oxygen atoms in total. The van der Waals surface area contributed by atoms with Crippen LogP contribution in [0.15, 0.2) is 21.3 Å². The lowest BCUT2D eigenvalue weighted by molar-refractivity contribution is 0.980. The van der Waals surface area contributed by atoms with E-state index in [2.05, 4.69) is 25.9 Å². The largest absolute Gasteiger partial charge is 0.231 e. The average molecular weight is 316 g/mol. The number of rotatable bonds is 2. The van der Waals surface area contributed by atoms with Gasteiger partial charge in [-0.25, -0.2) is 9.97 Å². The fourth-order valence-corrected chi connectivity index (χ4v) is 2.90. The standard InChI is InChI=1S/C11H8BrClN2S/c12-8-9(6-1-2-6)14-11(15-10(8)13)7-3-4-16-5-7/h3-6H,1-2H2. The Balaban J connectivity index is 2.13. The zero-order valence-electron chi connectivity index (χ0n) is 8.28. The molecule has 1 aliphatic rings. The van der Waals surface area contributed by atoms with Crippen molar-refractivity contribution in [3.8, 4) is 11.4 Å². The van der Waals surface area contributed by atoms with E-state index in [1.165, 1.54) is 12.8 Å². The van der Waals surface area contributed by atoms with E-state index in [0.717, 1.165) is 21.6 Å². The van der Waals surface area contributed by atoms with Gasteiger partial charge in [0.25, 0.3) is 0 Å². The molecule has 0 unspecified atom stereocenters. The molecular weight excluding hydrogens is 308 g/mol. The molecule has 1 aliphatic carbocycles. The van der Waals surface area contributed by atoms with E-state index in [0.29, 0.717) is 11.1 Å². The summed E-state index contributed by atoms with van der Waals surface area (Å²) in [6.45, 7) is 0. The van der Waals surface area contributed by atoms with E-state index in [1.54, 1.807) is 11.3 Å². The van der Waals surface area contributed by atoms with Gasteiger partial charge in [-0.3, -0.25) is 0 Å². The first-order chi connectivity index (χ1) is 7.75. The molecule has 2 aromatic rings. The third-order valence-corrected chi connectivity index (χ3v) is 4.55. The van der Waals surface area contributed by atoms with Gasteiger partial charge in [0, 0.05) is 16.9 Å². The predicted octanol–water partition coefficient (Wildman–Crippen LogP) is 4.50. The van der Waals surface area contributed by atoms with Gasteiger partial charge >= 0.3 is 0 Å². The Morgan fingerprint density at radius 1 is 1.38 bits per heavy atom. The molecule has 5 heteroatoms. The molecule has 0 saturated heterocycles. The number of thiophene rings is 1. The third-order valence-electron chi connectivity index (χ3n) is 2.58. The molecule has 0 radical (unpaired) electrons. The highest BCUT2D eigenvalue weighted by Crippen LogP contribution is 2.44. The van der Waals surface area contributed by atoms with Gasteiger partial charge in [0.05, 0.1) is 10.2 Å². The quantitative estimate of drug-likeness (QED) is 0.763. The number of aromatic nitrogens is 2. The molecule has 82 valence electrons. The molecule has 0 amide bonds. The third kappa shape index (κ3) is 1.90. The summed E-state index contributed by atoms with van der Waals surface area (Å²) in [6, 6.07) is 2.01. The molecule has 0 aliphatic heterocycles. The van der Waals surface area contributed by atoms with E-state index >= 15 is 0 Å². The molecular formula is C11H8BrClN2S. The predicted molar refractivity (Wildman–Crippen MR) is 70.0 cm³/mol. The summed E-state index contributed by atoms with van der Waals surface area (Å²) < 4.78 is 0.857. The fourth-order valence-electron chi connectivity index (χ4n) is 1.58. The first-order valence-electron chi connectivity index (χ1n) is 5.01. The van der Waals surface area contributed by atoms with Crippen LogP contribution in [0, 0.1) is 0 Å². The first-order valence-corrected chi connectivity index (χ1v) is 7.12. The molecule has 0 N–H and O–H groups in total. The summed E-state index contributed by atoms with van der Waals surface area (Å²) in [5.74, 6) is 1.30. The van der Waals surface area contributed by atoms with Crippen LogP contribution in [0.25, 0.3) is 11.4 Å². The van der Waals surface area contributed by atoms with Crippen LogP contribution in [-0.4, -0.2) is 9.97 Å². The van der Waals surface area contributed by atoms with Crippen LogP contribution in [-0.2, 0) is 0 Å². The molecule has 1 saturated carbocycles. The summed E-state index contributed by atoms with van der Waals surface area (Å²) in [4.78, 5) is 8.90. The van der Waals surface area contributed by atoms with Crippen LogP contribution in [0.2, 0.25) is 5.15 Å². The van der Waals surface area contributed by atoms with Crippen LogP contribution >= 0.6 is 38.9 Å². The molecule has 16 heavy (non-hydrogen) atoms. The van der Waals surface area contributed by atoms with Gasteiger partial charge in [-0.1, -0.05) is 11.6 Å². The Morgan fingerprint density at radius 2 is 2.19 bits per heavy atom. The van der Waals surface area contributed by atoms with Gasteiger partial charge in [-0.2, -0.15) is 11.3 Å². The molecule has 2 heterocycles. The van der Waals surface area contributed by atoms with E-state index in [4.69, 9.17) is 11.6 Å². The Morgan fingerprint density at radius 3 is 2.81 bits per heavy atom. The Kier molecular flexibility index (Phi) is 2.73. The highest BCUT2D eigenvalue weighted by Gasteiger charge is 2.29. The van der Waals surface area contributed by atoms with Crippen LogP contribution in [0.3, 0.4) is 0 Å². The van der Waals surface area contributed by atoms with Crippen molar-refractivity contribution in [1.82, 2.24) is 9.97 Å². The number of hydrogen-bond acceptors (Lipinski definition) is 3. The second-order valence-corrected chi connectivity index (χ2v) is 5.75. The first kappa shape index (κ1) is 10.7. The molecule has 0 aromatic carbocycles. The maximum absolute atomic E-state index is 6.11. The fraction of sp³-hybridized carbons (Fsp3) is 0.273. The lowest BCUT2D eigenvalue weighted by atomic mass is 10.2. The second kappa shape index (κ2) is 4.09. The highest BCUT2D eigenvalue weighted by atomic mass is 79.9. The van der Waals surface area contributed by atoms with E-state index in [1.807, 2.05) is 16.8 Å². The molecule has 2 aromatic heterocycles. The summed E-state index contributed by atoms with van der Waals surface area (Å²) in [6.07, 6.45) is 2.41. The number of nitrogens with zero attached hydrogens (tertiary/aromatic N) is 2. The minimum Gasteiger partial charge on any atom is -0.231 e. The van der Waals surface area contributed by atoms with Crippen molar-refractivity contribution in [2.45, 2.75) is 18.8 Å². The SMILES string of the molecule is Clc1nc(-c2ccsc2)nc(C2CC2)c1Br. The number of hydrogen-bond donors (Lipinski definition) is 0. The lowest BCUT2D eigenvalue weighted by Gasteiger charge is -2.06. The van der Waals surface area contributed by atoms with Gasteiger partial charge in [0.1, 0.15) is 5.15 Å². The molecule has 0 bridgehead atoms. The van der Waals surface area contributed by atoms with Gasteiger partial charge in [-0.05, 0) is 40.2 Å².